The summed E-state index contributed by atoms with van der Waals surface area (Å²) in [7, 11) is 0. The van der Waals surface area contributed by atoms with Crippen molar-refractivity contribution < 1.29 is 0 Å². The van der Waals surface area contributed by atoms with Gasteiger partial charge in [0.2, 0.25) is 0 Å². The van der Waals surface area contributed by atoms with Crippen molar-refractivity contribution in [2.75, 3.05) is 0 Å². The number of rotatable bonds is 0. The van der Waals surface area contributed by atoms with E-state index in [-0.39, 0.29) is 0 Å². The standard InChI is InChI=1S/C15H22/c1-9-6-8-12-14(15(12,3)4)13-10(2)5-7-11(9)13/h5,12-14H,6-8H2,1-4H3/t12-,13-,14-/m1/s1. The van der Waals surface area contributed by atoms with Crippen LogP contribution in [0.15, 0.2) is 22.8 Å². The molecular formula is C15H22. The zero-order chi connectivity index (χ0) is 10.8. The molecule has 3 aliphatic rings. The van der Waals surface area contributed by atoms with Gasteiger partial charge in [-0.15, -0.1) is 0 Å². The molecule has 0 heteroatoms. The maximum absolute atomic E-state index is 2.48. The Morgan fingerprint density at radius 1 is 1.27 bits per heavy atom. The minimum absolute atomic E-state index is 0.621. The van der Waals surface area contributed by atoms with Crippen LogP contribution in [0.3, 0.4) is 0 Å². The van der Waals surface area contributed by atoms with Gasteiger partial charge < -0.3 is 0 Å². The van der Waals surface area contributed by atoms with Crippen molar-refractivity contribution in [2.45, 2.75) is 47.0 Å². The molecule has 0 saturated heterocycles. The Labute approximate surface area is 93.5 Å². The molecule has 1 saturated carbocycles. The lowest BCUT2D eigenvalue weighted by Gasteiger charge is -2.19. The fraction of sp³-hybridized carbons (Fsp3) is 0.733. The van der Waals surface area contributed by atoms with E-state index >= 15 is 0 Å². The Kier molecular flexibility index (Phi) is 1.80. The molecule has 0 bridgehead atoms. The third-order valence-corrected chi connectivity index (χ3v) is 5.39. The van der Waals surface area contributed by atoms with E-state index in [0.717, 1.165) is 17.8 Å². The van der Waals surface area contributed by atoms with Crippen molar-refractivity contribution in [3.63, 3.8) is 0 Å². The largest absolute Gasteiger partial charge is 0.0809 e. The second-order valence-corrected chi connectivity index (χ2v) is 6.43. The zero-order valence-electron chi connectivity index (χ0n) is 10.4. The molecule has 0 nitrogen and oxygen atoms in total. The molecule has 1 fully saturated rings. The first-order valence-electron chi connectivity index (χ1n) is 6.38. The average molecular weight is 202 g/mol. The molecule has 3 aliphatic carbocycles. The van der Waals surface area contributed by atoms with Crippen molar-refractivity contribution in [3.05, 3.63) is 22.8 Å². The first-order chi connectivity index (χ1) is 7.03. The average Bonchev–Trinajstić information content (AvgIpc) is 2.55. The predicted molar refractivity (Wildman–Crippen MR) is 64.6 cm³/mol. The first kappa shape index (κ1) is 9.69. The summed E-state index contributed by atoms with van der Waals surface area (Å²) in [5.41, 5.74) is 5.77. The quantitative estimate of drug-likeness (QED) is 0.513. The summed E-state index contributed by atoms with van der Waals surface area (Å²) in [5.74, 6) is 2.78. The van der Waals surface area contributed by atoms with Gasteiger partial charge in [-0.3, -0.25) is 0 Å². The summed E-state index contributed by atoms with van der Waals surface area (Å²) in [6.07, 6.45) is 6.52. The second-order valence-electron chi connectivity index (χ2n) is 6.43. The maximum atomic E-state index is 2.48. The van der Waals surface area contributed by atoms with Gasteiger partial charge in [0, 0.05) is 5.92 Å². The monoisotopic (exact) mass is 202 g/mol. The summed E-state index contributed by atoms with van der Waals surface area (Å²) in [6, 6.07) is 0. The van der Waals surface area contributed by atoms with Crippen molar-refractivity contribution in [1.82, 2.24) is 0 Å². The van der Waals surface area contributed by atoms with Gasteiger partial charge >= 0.3 is 0 Å². The highest BCUT2D eigenvalue weighted by molar-refractivity contribution is 5.39. The van der Waals surface area contributed by atoms with Gasteiger partial charge in [0.25, 0.3) is 0 Å². The number of hydrogen-bond acceptors (Lipinski definition) is 0. The SMILES string of the molecule is CC1=CCC2=C(C)CC[C@@H]3[C@H]([C@H]12)C3(C)C. The second kappa shape index (κ2) is 2.78. The van der Waals surface area contributed by atoms with Gasteiger partial charge in [-0.05, 0) is 50.4 Å². The van der Waals surface area contributed by atoms with Gasteiger partial charge in [0.15, 0.2) is 0 Å². The third-order valence-electron chi connectivity index (χ3n) is 5.39. The van der Waals surface area contributed by atoms with E-state index in [1.165, 1.54) is 19.3 Å². The summed E-state index contributed by atoms with van der Waals surface area (Å²) >= 11 is 0. The van der Waals surface area contributed by atoms with Gasteiger partial charge in [-0.2, -0.15) is 0 Å². The van der Waals surface area contributed by atoms with Gasteiger partial charge in [-0.1, -0.05) is 36.6 Å². The van der Waals surface area contributed by atoms with Crippen LogP contribution in [-0.4, -0.2) is 0 Å². The molecule has 0 unspecified atom stereocenters. The molecule has 82 valence electrons. The Morgan fingerprint density at radius 3 is 2.73 bits per heavy atom. The molecule has 15 heavy (non-hydrogen) atoms. The molecule has 0 aromatic heterocycles. The summed E-state index contributed by atoms with van der Waals surface area (Å²) in [5, 5.41) is 0. The summed E-state index contributed by atoms with van der Waals surface area (Å²) in [6.45, 7) is 9.67. The molecule has 0 N–H and O–H groups in total. The van der Waals surface area contributed by atoms with E-state index in [0.29, 0.717) is 5.41 Å². The van der Waals surface area contributed by atoms with Crippen molar-refractivity contribution in [1.29, 1.82) is 0 Å². The molecule has 0 spiro atoms. The lowest BCUT2D eigenvalue weighted by molar-refractivity contribution is 0.479. The van der Waals surface area contributed by atoms with Crippen LogP contribution in [0.5, 0.6) is 0 Å². The van der Waals surface area contributed by atoms with Crippen LogP contribution in [0.4, 0.5) is 0 Å². The normalized spacial score (nSPS) is 41.9. The molecule has 3 atom stereocenters. The van der Waals surface area contributed by atoms with Crippen LogP contribution in [0, 0.1) is 23.2 Å². The highest BCUT2D eigenvalue weighted by atomic mass is 14.7. The topological polar surface area (TPSA) is 0 Å². The van der Waals surface area contributed by atoms with E-state index in [2.05, 4.69) is 33.8 Å². The molecule has 0 aromatic rings. The fourth-order valence-corrected chi connectivity index (χ4v) is 4.27. The zero-order valence-corrected chi connectivity index (χ0v) is 10.4. The Hall–Kier alpha value is -0.520. The van der Waals surface area contributed by atoms with Crippen molar-refractivity contribution in [2.24, 2.45) is 23.2 Å². The summed E-state index contributed by atoms with van der Waals surface area (Å²) in [4.78, 5) is 0. The van der Waals surface area contributed by atoms with E-state index in [1.54, 1.807) is 16.7 Å². The Morgan fingerprint density at radius 2 is 2.00 bits per heavy atom. The number of fused-ring (bicyclic) bond motifs is 3. The summed E-state index contributed by atoms with van der Waals surface area (Å²) < 4.78 is 0. The van der Waals surface area contributed by atoms with Crippen LogP contribution >= 0.6 is 0 Å². The highest BCUT2D eigenvalue weighted by Gasteiger charge is 2.62. The lowest BCUT2D eigenvalue weighted by Crippen LogP contribution is -2.09. The van der Waals surface area contributed by atoms with Crippen LogP contribution < -0.4 is 0 Å². The van der Waals surface area contributed by atoms with Crippen LogP contribution in [0.1, 0.15) is 47.0 Å². The minimum Gasteiger partial charge on any atom is -0.0809 e. The third kappa shape index (κ3) is 1.14. The molecule has 0 heterocycles. The highest BCUT2D eigenvalue weighted by Crippen LogP contribution is 2.68. The molecule has 3 rings (SSSR count). The van der Waals surface area contributed by atoms with Crippen molar-refractivity contribution in [3.8, 4) is 0 Å². The van der Waals surface area contributed by atoms with E-state index in [9.17, 15) is 0 Å². The van der Waals surface area contributed by atoms with Gasteiger partial charge in [0.1, 0.15) is 0 Å². The Balaban J connectivity index is 2.03. The van der Waals surface area contributed by atoms with E-state index in [4.69, 9.17) is 0 Å². The van der Waals surface area contributed by atoms with Gasteiger partial charge in [0.05, 0.1) is 0 Å². The fourth-order valence-electron chi connectivity index (χ4n) is 4.27. The Bertz CT molecular complexity index is 367. The van der Waals surface area contributed by atoms with Crippen molar-refractivity contribution >= 4 is 0 Å². The maximum Gasteiger partial charge on any atom is 0.00463 e. The van der Waals surface area contributed by atoms with Crippen LogP contribution in [0.25, 0.3) is 0 Å². The van der Waals surface area contributed by atoms with E-state index in [1.807, 2.05) is 0 Å². The molecule has 0 radical (unpaired) electrons. The van der Waals surface area contributed by atoms with E-state index < -0.39 is 0 Å². The molecular weight excluding hydrogens is 180 g/mol. The smallest absolute Gasteiger partial charge is 0.00463 e. The predicted octanol–water partition coefficient (Wildman–Crippen LogP) is 4.34. The van der Waals surface area contributed by atoms with Gasteiger partial charge in [-0.25, -0.2) is 0 Å². The number of hydrogen-bond donors (Lipinski definition) is 0. The lowest BCUT2D eigenvalue weighted by atomic mass is 9.86. The first-order valence-corrected chi connectivity index (χ1v) is 6.38. The molecule has 0 amide bonds. The van der Waals surface area contributed by atoms with Crippen LogP contribution in [0.2, 0.25) is 0 Å². The number of allylic oxidation sites excluding steroid dienone is 4. The molecule has 0 aromatic carbocycles. The minimum atomic E-state index is 0.621. The van der Waals surface area contributed by atoms with Crippen LogP contribution in [-0.2, 0) is 0 Å². The molecule has 0 aliphatic heterocycles.